The van der Waals surface area contributed by atoms with Crippen LogP contribution in [-0.2, 0) is 9.59 Å². The number of ether oxygens (including phenoxy) is 1. The van der Waals surface area contributed by atoms with Crippen molar-refractivity contribution < 1.29 is 24.2 Å². The van der Waals surface area contributed by atoms with E-state index in [0.717, 1.165) is 10.5 Å². The Bertz CT molecular complexity index is 1070. The fourth-order valence-corrected chi connectivity index (χ4v) is 3.33. The van der Waals surface area contributed by atoms with Gasteiger partial charge in [-0.15, -0.1) is 0 Å². The van der Waals surface area contributed by atoms with Crippen LogP contribution in [0.4, 0.5) is 10.5 Å². The van der Waals surface area contributed by atoms with Crippen molar-refractivity contribution in [3.05, 3.63) is 56.5 Å². The fraction of sp³-hybridized carbons (Fsp3) is 0.150. The lowest BCUT2D eigenvalue weighted by atomic mass is 10.1. The number of rotatable bonds is 4. The van der Waals surface area contributed by atoms with Crippen LogP contribution in [0.3, 0.4) is 0 Å². The first-order valence-corrected chi connectivity index (χ1v) is 9.73. The van der Waals surface area contributed by atoms with Crippen molar-refractivity contribution in [3.8, 4) is 11.5 Å². The summed E-state index contributed by atoms with van der Waals surface area (Å²) in [5.74, 6) is -1.51. The summed E-state index contributed by atoms with van der Waals surface area (Å²) in [6.07, 6.45) is 1.32. The third-order valence-corrected chi connectivity index (χ3v) is 5.29. The number of phenols is 1. The van der Waals surface area contributed by atoms with Crippen LogP contribution in [0.15, 0.2) is 40.4 Å². The van der Waals surface area contributed by atoms with Crippen LogP contribution in [0.2, 0.25) is 5.02 Å². The van der Waals surface area contributed by atoms with Gasteiger partial charge >= 0.3 is 6.03 Å². The molecular formula is C20H16BrClN2O5. The fourth-order valence-electron chi connectivity index (χ4n) is 2.71. The minimum Gasteiger partial charge on any atom is -0.504 e. The van der Waals surface area contributed by atoms with Gasteiger partial charge in [0, 0.05) is 9.50 Å². The normalized spacial score (nSPS) is 15.7. The number of anilines is 1. The van der Waals surface area contributed by atoms with Gasteiger partial charge in [-0.25, -0.2) is 9.69 Å². The average Bonchev–Trinajstić information content (AvgIpc) is 2.65. The number of aromatic hydroxyl groups is 1. The smallest absolute Gasteiger partial charge is 0.335 e. The summed E-state index contributed by atoms with van der Waals surface area (Å²) in [6, 6.07) is 6.73. The number of aryl methyl sites for hydroxylation is 1. The number of carbonyl (C=O) groups excluding carboxylic acids is 3. The molecule has 0 aromatic heterocycles. The lowest BCUT2D eigenvalue weighted by Gasteiger charge is -2.26. The van der Waals surface area contributed by atoms with Crippen molar-refractivity contribution in [2.45, 2.75) is 13.8 Å². The zero-order valence-electron chi connectivity index (χ0n) is 15.5. The molecule has 1 saturated heterocycles. The topological polar surface area (TPSA) is 95.9 Å². The standard InChI is InChI=1S/C20H16BrClN2O5/c1-3-29-17-7-11(14(21)9-16(17)25)6-13-18(26)23-20(28)24(19(13)27)12-5-4-10(2)15(22)8-12/h4-9,25H,3H2,1-2H3,(H,23,26,28)/b13-6-. The molecular weight excluding hydrogens is 464 g/mol. The highest BCUT2D eigenvalue weighted by Crippen LogP contribution is 2.34. The number of carbonyl (C=O) groups is 3. The predicted octanol–water partition coefficient (Wildman–Crippen LogP) is 4.18. The zero-order chi connectivity index (χ0) is 21.3. The summed E-state index contributed by atoms with van der Waals surface area (Å²) >= 11 is 9.40. The van der Waals surface area contributed by atoms with Gasteiger partial charge in [0.1, 0.15) is 5.57 Å². The molecule has 2 aromatic carbocycles. The number of benzene rings is 2. The van der Waals surface area contributed by atoms with Crippen LogP contribution in [0, 0.1) is 6.92 Å². The second-order valence-electron chi connectivity index (χ2n) is 6.17. The number of nitrogens with zero attached hydrogens (tertiary/aromatic N) is 1. The Morgan fingerprint density at radius 2 is 1.97 bits per heavy atom. The zero-order valence-corrected chi connectivity index (χ0v) is 17.8. The molecule has 0 aliphatic carbocycles. The van der Waals surface area contributed by atoms with Crippen LogP contribution in [0.25, 0.3) is 6.08 Å². The van der Waals surface area contributed by atoms with E-state index in [1.54, 1.807) is 26.0 Å². The number of halogens is 2. The number of phenolic OH excluding ortho intramolecular Hbond substituents is 1. The van der Waals surface area contributed by atoms with Crippen LogP contribution in [0.5, 0.6) is 11.5 Å². The highest BCUT2D eigenvalue weighted by Gasteiger charge is 2.37. The molecule has 0 radical (unpaired) electrons. The number of imide groups is 2. The van der Waals surface area contributed by atoms with Crippen molar-refractivity contribution >= 4 is 57.1 Å². The molecule has 1 aliphatic rings. The Morgan fingerprint density at radius 3 is 2.62 bits per heavy atom. The van der Waals surface area contributed by atoms with Gasteiger partial charge in [0.05, 0.1) is 12.3 Å². The van der Waals surface area contributed by atoms with E-state index < -0.39 is 17.8 Å². The Hall–Kier alpha value is -2.84. The first-order chi connectivity index (χ1) is 13.7. The SMILES string of the molecule is CCOc1cc(/C=C2/C(=O)NC(=O)N(c3ccc(C)c(Cl)c3)C2=O)c(Br)cc1O. The van der Waals surface area contributed by atoms with E-state index in [9.17, 15) is 19.5 Å². The van der Waals surface area contributed by atoms with E-state index in [-0.39, 0.29) is 22.8 Å². The Labute approximate surface area is 180 Å². The molecule has 3 rings (SSSR count). The largest absolute Gasteiger partial charge is 0.504 e. The number of hydrogen-bond donors (Lipinski definition) is 2. The summed E-state index contributed by atoms with van der Waals surface area (Å²) < 4.78 is 5.78. The Kier molecular flexibility index (Phi) is 5.95. The van der Waals surface area contributed by atoms with Gasteiger partial charge in [-0.3, -0.25) is 14.9 Å². The molecule has 29 heavy (non-hydrogen) atoms. The van der Waals surface area contributed by atoms with Gasteiger partial charge in [0.15, 0.2) is 11.5 Å². The summed E-state index contributed by atoms with van der Waals surface area (Å²) in [4.78, 5) is 38.5. The second-order valence-corrected chi connectivity index (χ2v) is 7.43. The Morgan fingerprint density at radius 1 is 1.24 bits per heavy atom. The molecule has 0 atom stereocenters. The third-order valence-electron chi connectivity index (χ3n) is 4.19. The first kappa shape index (κ1) is 20.9. The van der Waals surface area contributed by atoms with Crippen LogP contribution in [0.1, 0.15) is 18.1 Å². The molecule has 1 aliphatic heterocycles. The molecule has 0 bridgehead atoms. The summed E-state index contributed by atoms with van der Waals surface area (Å²) in [5.41, 5.74) is 1.18. The molecule has 150 valence electrons. The molecule has 0 saturated carbocycles. The van der Waals surface area contributed by atoms with Gasteiger partial charge in [0.25, 0.3) is 11.8 Å². The van der Waals surface area contributed by atoms with Gasteiger partial charge in [-0.05, 0) is 55.3 Å². The van der Waals surface area contributed by atoms with Crippen molar-refractivity contribution in [3.63, 3.8) is 0 Å². The van der Waals surface area contributed by atoms with E-state index in [4.69, 9.17) is 16.3 Å². The quantitative estimate of drug-likeness (QED) is 0.507. The lowest BCUT2D eigenvalue weighted by Crippen LogP contribution is -2.54. The summed E-state index contributed by atoms with van der Waals surface area (Å²) in [7, 11) is 0. The van der Waals surface area contributed by atoms with Gasteiger partial charge in [-0.2, -0.15) is 0 Å². The van der Waals surface area contributed by atoms with E-state index in [1.807, 2.05) is 0 Å². The molecule has 9 heteroatoms. The van der Waals surface area contributed by atoms with Crippen molar-refractivity contribution in [2.75, 3.05) is 11.5 Å². The van der Waals surface area contributed by atoms with Crippen molar-refractivity contribution in [1.29, 1.82) is 0 Å². The van der Waals surface area contributed by atoms with Gasteiger partial charge in [-0.1, -0.05) is 33.6 Å². The number of barbiturate groups is 1. The first-order valence-electron chi connectivity index (χ1n) is 8.55. The van der Waals surface area contributed by atoms with E-state index in [2.05, 4.69) is 21.2 Å². The van der Waals surface area contributed by atoms with Crippen molar-refractivity contribution in [2.24, 2.45) is 0 Å². The van der Waals surface area contributed by atoms with Gasteiger partial charge < -0.3 is 9.84 Å². The molecule has 1 heterocycles. The maximum absolute atomic E-state index is 13.0. The number of hydrogen-bond acceptors (Lipinski definition) is 5. The number of amides is 4. The number of nitrogens with one attached hydrogen (secondary N) is 1. The monoisotopic (exact) mass is 478 g/mol. The molecule has 0 spiro atoms. The second kappa shape index (κ2) is 8.26. The highest BCUT2D eigenvalue weighted by molar-refractivity contribution is 9.10. The van der Waals surface area contributed by atoms with Crippen molar-refractivity contribution in [1.82, 2.24) is 5.32 Å². The van der Waals surface area contributed by atoms with Crippen LogP contribution < -0.4 is 15.0 Å². The van der Waals surface area contributed by atoms with E-state index >= 15 is 0 Å². The van der Waals surface area contributed by atoms with Gasteiger partial charge in [0.2, 0.25) is 0 Å². The highest BCUT2D eigenvalue weighted by atomic mass is 79.9. The number of urea groups is 1. The van der Waals surface area contributed by atoms with Crippen LogP contribution >= 0.6 is 27.5 Å². The minimum absolute atomic E-state index is 0.0913. The molecule has 0 unspecified atom stereocenters. The van der Waals surface area contributed by atoms with Crippen LogP contribution in [-0.4, -0.2) is 29.6 Å². The third kappa shape index (κ3) is 4.13. The average molecular weight is 480 g/mol. The Balaban J connectivity index is 2.06. The molecule has 4 amide bonds. The molecule has 7 nitrogen and oxygen atoms in total. The molecule has 1 fully saturated rings. The summed E-state index contributed by atoms with van der Waals surface area (Å²) in [5, 5.41) is 12.5. The van der Waals surface area contributed by atoms with E-state index in [1.165, 1.54) is 24.3 Å². The molecule has 2 aromatic rings. The minimum atomic E-state index is -0.864. The maximum atomic E-state index is 13.0. The lowest BCUT2D eigenvalue weighted by molar-refractivity contribution is -0.122. The molecule has 2 N–H and O–H groups in total. The predicted molar refractivity (Wildman–Crippen MR) is 112 cm³/mol. The summed E-state index contributed by atoms with van der Waals surface area (Å²) in [6.45, 7) is 3.87. The van der Waals surface area contributed by atoms with E-state index in [0.29, 0.717) is 21.7 Å². The maximum Gasteiger partial charge on any atom is 0.335 e.